The van der Waals surface area contributed by atoms with Crippen LogP contribution in [-0.2, 0) is 16.6 Å². The first-order chi connectivity index (χ1) is 22.1. The highest BCUT2D eigenvalue weighted by molar-refractivity contribution is 9.10. The molecule has 3 aromatic rings. The molecule has 2 N–H and O–H groups in total. The molecular formula is C34H39BrN6O5. The summed E-state index contributed by atoms with van der Waals surface area (Å²) in [5, 5.41) is 9.97. The minimum atomic E-state index is -0.650. The van der Waals surface area contributed by atoms with Gasteiger partial charge in [-0.15, -0.1) is 0 Å². The molecule has 3 aliphatic heterocycles. The van der Waals surface area contributed by atoms with Crippen molar-refractivity contribution in [1.29, 1.82) is 0 Å². The number of carbonyl (C=O) groups excluding carboxylic acids is 3. The quantitative estimate of drug-likeness (QED) is 0.360. The number of benzene rings is 2. The third-order valence-electron chi connectivity index (χ3n) is 9.30. The molecule has 3 aliphatic rings. The molecule has 2 aromatic carbocycles. The number of anilines is 1. The summed E-state index contributed by atoms with van der Waals surface area (Å²) in [5.41, 5.74) is 3.60. The van der Waals surface area contributed by atoms with Gasteiger partial charge in [-0.25, -0.2) is 4.68 Å². The van der Waals surface area contributed by atoms with E-state index >= 15 is 0 Å². The van der Waals surface area contributed by atoms with Gasteiger partial charge in [0.1, 0.15) is 10.2 Å². The molecular weight excluding hydrogens is 652 g/mol. The van der Waals surface area contributed by atoms with Gasteiger partial charge in [0.05, 0.1) is 11.9 Å². The molecule has 3 atom stereocenters. The van der Waals surface area contributed by atoms with E-state index in [0.717, 1.165) is 32.4 Å². The molecule has 0 spiro atoms. The molecule has 1 aromatic heterocycles. The highest BCUT2D eigenvalue weighted by Crippen LogP contribution is 2.32. The van der Waals surface area contributed by atoms with Crippen LogP contribution in [0.3, 0.4) is 0 Å². The van der Waals surface area contributed by atoms with Gasteiger partial charge in [0.2, 0.25) is 5.91 Å². The van der Waals surface area contributed by atoms with Gasteiger partial charge in [-0.05, 0) is 89.5 Å². The maximum Gasteiger partial charge on any atom is 0.282 e. The number of likely N-dealkylation sites (N-methyl/N-ethyl adjacent to an activating group) is 1. The largest absolute Gasteiger partial charge is 0.481 e. The lowest BCUT2D eigenvalue weighted by Gasteiger charge is -2.37. The Morgan fingerprint density at radius 1 is 0.935 bits per heavy atom. The van der Waals surface area contributed by atoms with E-state index in [4.69, 9.17) is 4.74 Å². The number of aromatic nitrogens is 2. The Hall–Kier alpha value is -4.03. The van der Waals surface area contributed by atoms with Gasteiger partial charge < -0.3 is 19.9 Å². The average Bonchev–Trinajstić information content (AvgIpc) is 3.06. The van der Waals surface area contributed by atoms with Crippen molar-refractivity contribution in [2.24, 2.45) is 7.05 Å². The van der Waals surface area contributed by atoms with Gasteiger partial charge in [0.25, 0.3) is 17.4 Å². The van der Waals surface area contributed by atoms with Crippen molar-refractivity contribution in [3.8, 4) is 5.75 Å². The van der Waals surface area contributed by atoms with Gasteiger partial charge in [-0.2, -0.15) is 5.10 Å². The van der Waals surface area contributed by atoms with E-state index in [1.807, 2.05) is 41.3 Å². The molecule has 0 bridgehead atoms. The first kappa shape index (κ1) is 31.9. The summed E-state index contributed by atoms with van der Waals surface area (Å²) in [6.45, 7) is 3.14. The Kier molecular flexibility index (Phi) is 9.55. The van der Waals surface area contributed by atoms with E-state index in [-0.39, 0.29) is 41.7 Å². The molecule has 0 aliphatic carbocycles. The van der Waals surface area contributed by atoms with Gasteiger partial charge in [-0.3, -0.25) is 24.5 Å². The summed E-state index contributed by atoms with van der Waals surface area (Å²) in [4.78, 5) is 53.3. The number of carbonyl (C=O) groups is 3. The Morgan fingerprint density at radius 3 is 2.30 bits per heavy atom. The lowest BCUT2D eigenvalue weighted by atomic mass is 9.87. The van der Waals surface area contributed by atoms with Crippen molar-refractivity contribution >= 4 is 39.3 Å². The molecule has 11 nitrogen and oxygen atoms in total. The molecule has 12 heteroatoms. The van der Waals surface area contributed by atoms with Crippen LogP contribution < -0.4 is 20.9 Å². The van der Waals surface area contributed by atoms with Crippen molar-refractivity contribution < 1.29 is 19.1 Å². The van der Waals surface area contributed by atoms with Gasteiger partial charge in [0, 0.05) is 57.7 Å². The van der Waals surface area contributed by atoms with E-state index in [9.17, 15) is 19.2 Å². The number of ether oxygens (including phenoxy) is 1. The van der Waals surface area contributed by atoms with Crippen LogP contribution in [0.2, 0.25) is 0 Å². The number of rotatable bonds is 7. The minimum Gasteiger partial charge on any atom is -0.481 e. The lowest BCUT2D eigenvalue weighted by molar-refractivity contribution is -0.138. The third-order valence-corrected chi connectivity index (χ3v) is 10.1. The zero-order chi connectivity index (χ0) is 32.4. The molecule has 46 heavy (non-hydrogen) atoms. The van der Waals surface area contributed by atoms with Crippen molar-refractivity contribution in [2.75, 3.05) is 38.5 Å². The zero-order valence-electron chi connectivity index (χ0n) is 26.1. The summed E-state index contributed by atoms with van der Waals surface area (Å²) in [7, 11) is 3.73. The fourth-order valence-corrected chi connectivity index (χ4v) is 7.24. The SMILES string of the molecule is CN1CC(Nc2cnn(C)c(=O)c2Br)CC(c2ccc(C(=O)N3CCC(c4ccc(OC5CCC(=O)NC5=O)cc4)CC3)cc2)C1. The van der Waals surface area contributed by atoms with Crippen LogP contribution >= 0.6 is 15.9 Å². The predicted octanol–water partition coefficient (Wildman–Crippen LogP) is 3.65. The van der Waals surface area contributed by atoms with Crippen LogP contribution in [-0.4, -0.2) is 82.7 Å². The van der Waals surface area contributed by atoms with E-state index in [1.165, 1.54) is 15.8 Å². The molecule has 3 saturated heterocycles. The molecule has 6 rings (SSSR count). The summed E-state index contributed by atoms with van der Waals surface area (Å²) in [5.74, 6) is 0.645. The van der Waals surface area contributed by atoms with Crippen molar-refractivity contribution in [3.63, 3.8) is 0 Å². The number of amides is 3. The fourth-order valence-electron chi connectivity index (χ4n) is 6.76. The molecule has 3 fully saturated rings. The average molecular weight is 692 g/mol. The number of nitrogens with one attached hydrogen (secondary N) is 2. The summed E-state index contributed by atoms with van der Waals surface area (Å²) >= 11 is 3.41. The molecule has 3 amide bonds. The standard InChI is InChI=1S/C34H39BrN6O5/c1-39-19-25(17-26(20-39)37-28-18-36-40(2)34(45)31(28)35)22-3-5-24(6-4-22)33(44)41-15-13-23(14-16-41)21-7-9-27(10-8-21)46-29-11-12-30(42)38-32(29)43/h3-10,18,23,25-26,29,37H,11-17,19-20H2,1-2H3,(H,38,42,43). The van der Waals surface area contributed by atoms with Crippen LogP contribution in [0, 0.1) is 0 Å². The van der Waals surface area contributed by atoms with Gasteiger partial charge in [0.15, 0.2) is 6.10 Å². The van der Waals surface area contributed by atoms with Gasteiger partial charge in [-0.1, -0.05) is 24.3 Å². The number of likely N-dealkylation sites (tertiary alicyclic amines) is 2. The second-order valence-corrected chi connectivity index (χ2v) is 13.4. The van der Waals surface area contributed by atoms with E-state index < -0.39 is 6.10 Å². The number of piperidine rings is 3. The molecule has 3 unspecified atom stereocenters. The van der Waals surface area contributed by atoms with Crippen LogP contribution in [0.5, 0.6) is 5.75 Å². The first-order valence-electron chi connectivity index (χ1n) is 15.8. The van der Waals surface area contributed by atoms with Crippen molar-refractivity contribution in [1.82, 2.24) is 24.9 Å². The molecule has 0 radical (unpaired) electrons. The van der Waals surface area contributed by atoms with Crippen LogP contribution in [0.1, 0.15) is 65.4 Å². The first-order valence-corrected chi connectivity index (χ1v) is 16.6. The Labute approximate surface area is 276 Å². The predicted molar refractivity (Wildman–Crippen MR) is 177 cm³/mol. The Balaban J connectivity index is 1.01. The Bertz CT molecular complexity index is 1650. The second kappa shape index (κ2) is 13.8. The number of hydrogen-bond acceptors (Lipinski definition) is 8. The van der Waals surface area contributed by atoms with E-state index in [1.54, 1.807) is 13.2 Å². The number of hydrogen-bond donors (Lipinski definition) is 2. The highest BCUT2D eigenvalue weighted by Gasteiger charge is 2.30. The number of imide groups is 1. The van der Waals surface area contributed by atoms with Crippen molar-refractivity contribution in [3.05, 3.63) is 86.2 Å². The fraction of sp³-hybridized carbons (Fsp3) is 0.441. The number of halogens is 1. The monoisotopic (exact) mass is 690 g/mol. The van der Waals surface area contributed by atoms with E-state index in [2.05, 4.69) is 55.7 Å². The second-order valence-electron chi connectivity index (χ2n) is 12.6. The summed E-state index contributed by atoms with van der Waals surface area (Å²) in [6, 6.07) is 16.0. The van der Waals surface area contributed by atoms with Gasteiger partial charge >= 0.3 is 0 Å². The number of nitrogens with zero attached hydrogens (tertiary/aromatic N) is 4. The van der Waals surface area contributed by atoms with Crippen LogP contribution in [0.15, 0.2) is 64.0 Å². The van der Waals surface area contributed by atoms with E-state index in [0.29, 0.717) is 46.9 Å². The minimum absolute atomic E-state index is 0.0568. The normalized spacial score (nSPS) is 22.8. The van der Waals surface area contributed by atoms with Crippen molar-refractivity contribution in [2.45, 2.75) is 56.1 Å². The maximum absolute atomic E-state index is 13.4. The number of aryl methyl sites for hydroxylation is 1. The molecule has 0 saturated carbocycles. The zero-order valence-corrected chi connectivity index (χ0v) is 27.7. The van der Waals surface area contributed by atoms with Crippen LogP contribution in [0.25, 0.3) is 0 Å². The molecule has 4 heterocycles. The summed E-state index contributed by atoms with van der Waals surface area (Å²) < 4.78 is 7.60. The van der Waals surface area contributed by atoms with Crippen LogP contribution in [0.4, 0.5) is 5.69 Å². The topological polar surface area (TPSA) is 126 Å². The highest BCUT2D eigenvalue weighted by atomic mass is 79.9. The smallest absolute Gasteiger partial charge is 0.282 e. The molecule has 242 valence electrons. The summed E-state index contributed by atoms with van der Waals surface area (Å²) in [6.07, 6.45) is 4.34. The third kappa shape index (κ3) is 7.18. The lowest BCUT2D eigenvalue weighted by Crippen LogP contribution is -2.46. The maximum atomic E-state index is 13.4. The Morgan fingerprint density at radius 2 is 1.61 bits per heavy atom.